The third kappa shape index (κ3) is 2.48. The van der Waals surface area contributed by atoms with Crippen LogP contribution in [0.1, 0.15) is 12.5 Å². The number of benzene rings is 1. The summed E-state index contributed by atoms with van der Waals surface area (Å²) in [5, 5.41) is 0. The summed E-state index contributed by atoms with van der Waals surface area (Å²) in [6, 6.07) is 9.93. The van der Waals surface area contributed by atoms with Gasteiger partial charge in [0.2, 0.25) is 5.96 Å². The van der Waals surface area contributed by atoms with Gasteiger partial charge in [0.25, 0.3) is 5.91 Å². The Morgan fingerprint density at radius 1 is 1.33 bits per heavy atom. The minimum atomic E-state index is -0.296. The average molecular weight is 241 g/mol. The molecule has 2 N–H and O–H groups in total. The van der Waals surface area contributed by atoms with Crippen LogP contribution in [-0.2, 0) is 4.79 Å². The lowest BCUT2D eigenvalue weighted by molar-refractivity contribution is -0.114. The molecule has 0 saturated carbocycles. The molecule has 0 bridgehead atoms. The Morgan fingerprint density at radius 2 is 2.00 bits per heavy atom. The van der Waals surface area contributed by atoms with Crippen LogP contribution in [0.3, 0.4) is 0 Å². The first-order valence-electron chi connectivity index (χ1n) is 5.65. The first-order valence-corrected chi connectivity index (χ1v) is 5.65. The maximum absolute atomic E-state index is 11.6. The summed E-state index contributed by atoms with van der Waals surface area (Å²) < 4.78 is 0. The van der Waals surface area contributed by atoms with Gasteiger partial charge in [-0.25, -0.2) is 0 Å². The predicted octanol–water partition coefficient (Wildman–Crippen LogP) is 1.76. The smallest absolute Gasteiger partial charge is 0.296 e. The summed E-state index contributed by atoms with van der Waals surface area (Å²) in [7, 11) is 1.73. The number of hydrogen-bond acceptors (Lipinski definition) is 3. The number of carbonyl (C=O) groups excluding carboxylic acids is 1. The van der Waals surface area contributed by atoms with E-state index >= 15 is 0 Å². The molecule has 0 radical (unpaired) electrons. The summed E-state index contributed by atoms with van der Waals surface area (Å²) >= 11 is 0. The molecule has 0 fully saturated rings. The van der Waals surface area contributed by atoms with Crippen molar-refractivity contribution in [1.82, 2.24) is 4.90 Å². The largest absolute Gasteiger partial charge is 0.369 e. The topological polar surface area (TPSA) is 58.7 Å². The lowest BCUT2D eigenvalue weighted by Crippen LogP contribution is -2.28. The van der Waals surface area contributed by atoms with Gasteiger partial charge in [-0.15, -0.1) is 0 Å². The lowest BCUT2D eigenvalue weighted by Gasteiger charge is -2.11. The number of rotatable bonds is 2. The molecule has 0 atom stereocenters. The molecule has 1 amide bonds. The van der Waals surface area contributed by atoms with E-state index < -0.39 is 0 Å². The van der Waals surface area contributed by atoms with E-state index in [4.69, 9.17) is 5.73 Å². The van der Waals surface area contributed by atoms with Crippen LogP contribution in [-0.4, -0.2) is 23.8 Å². The molecule has 1 heterocycles. The Bertz CT molecular complexity index is 556. The Kier molecular flexibility index (Phi) is 3.28. The van der Waals surface area contributed by atoms with Crippen molar-refractivity contribution in [3.05, 3.63) is 53.2 Å². The van der Waals surface area contributed by atoms with Crippen molar-refractivity contribution >= 4 is 17.9 Å². The SMILES string of the molecule is CC(=Cc1ccccc1)C=C1C(=O)N=C(N)N1C. The van der Waals surface area contributed by atoms with Crippen LogP contribution in [0.2, 0.25) is 0 Å². The van der Waals surface area contributed by atoms with Crippen LogP contribution in [0, 0.1) is 0 Å². The zero-order valence-electron chi connectivity index (χ0n) is 10.4. The number of amides is 1. The number of allylic oxidation sites excluding steroid dienone is 2. The van der Waals surface area contributed by atoms with Crippen LogP contribution in [0.4, 0.5) is 0 Å². The molecule has 1 aromatic rings. The van der Waals surface area contributed by atoms with Crippen molar-refractivity contribution in [2.45, 2.75) is 6.92 Å². The molecule has 1 aliphatic rings. The molecule has 0 spiro atoms. The van der Waals surface area contributed by atoms with Crippen molar-refractivity contribution in [2.24, 2.45) is 10.7 Å². The second-order valence-electron chi connectivity index (χ2n) is 4.16. The maximum atomic E-state index is 11.6. The number of hydrogen-bond donors (Lipinski definition) is 1. The minimum absolute atomic E-state index is 0.235. The molecule has 4 nitrogen and oxygen atoms in total. The molecule has 0 unspecified atom stereocenters. The highest BCUT2D eigenvalue weighted by molar-refractivity contribution is 6.09. The van der Waals surface area contributed by atoms with Gasteiger partial charge in [-0.2, -0.15) is 4.99 Å². The van der Waals surface area contributed by atoms with Gasteiger partial charge in [-0.05, 0) is 24.1 Å². The van der Waals surface area contributed by atoms with Crippen LogP contribution >= 0.6 is 0 Å². The van der Waals surface area contributed by atoms with Gasteiger partial charge >= 0.3 is 0 Å². The van der Waals surface area contributed by atoms with Gasteiger partial charge in [0.1, 0.15) is 5.70 Å². The Labute approximate surface area is 106 Å². The van der Waals surface area contributed by atoms with Gasteiger partial charge in [-0.3, -0.25) is 4.79 Å². The summed E-state index contributed by atoms with van der Waals surface area (Å²) in [6.45, 7) is 1.94. The zero-order chi connectivity index (χ0) is 13.1. The van der Waals surface area contributed by atoms with E-state index in [9.17, 15) is 4.79 Å². The fourth-order valence-corrected chi connectivity index (χ4v) is 1.73. The number of carbonyl (C=O) groups is 1. The van der Waals surface area contributed by atoms with Crippen LogP contribution in [0.25, 0.3) is 6.08 Å². The lowest BCUT2D eigenvalue weighted by atomic mass is 10.1. The summed E-state index contributed by atoms with van der Waals surface area (Å²) in [4.78, 5) is 16.9. The molecule has 0 aliphatic carbocycles. The molecule has 2 rings (SSSR count). The highest BCUT2D eigenvalue weighted by Gasteiger charge is 2.23. The maximum Gasteiger partial charge on any atom is 0.296 e. The molecule has 92 valence electrons. The number of aliphatic imine (C=N–C) groups is 1. The normalized spacial score (nSPS) is 18.4. The number of nitrogens with two attached hydrogens (primary N) is 1. The summed E-state index contributed by atoms with van der Waals surface area (Å²) in [6.07, 6.45) is 3.79. The van der Waals surface area contributed by atoms with Crippen LogP contribution in [0.15, 0.2) is 52.7 Å². The van der Waals surface area contributed by atoms with Gasteiger partial charge in [0.15, 0.2) is 0 Å². The minimum Gasteiger partial charge on any atom is -0.369 e. The van der Waals surface area contributed by atoms with E-state index in [1.54, 1.807) is 18.0 Å². The molecule has 0 aromatic heterocycles. The van der Waals surface area contributed by atoms with Crippen molar-refractivity contribution in [3.63, 3.8) is 0 Å². The van der Waals surface area contributed by atoms with E-state index in [0.717, 1.165) is 11.1 Å². The van der Waals surface area contributed by atoms with Gasteiger partial charge in [0.05, 0.1) is 0 Å². The first-order chi connectivity index (χ1) is 8.58. The Hall–Kier alpha value is -2.36. The number of nitrogens with zero attached hydrogens (tertiary/aromatic N) is 2. The van der Waals surface area contributed by atoms with E-state index in [2.05, 4.69) is 4.99 Å². The third-order valence-electron chi connectivity index (χ3n) is 2.70. The van der Waals surface area contributed by atoms with E-state index in [0.29, 0.717) is 5.70 Å². The summed E-state index contributed by atoms with van der Waals surface area (Å²) in [5.41, 5.74) is 8.14. The van der Waals surface area contributed by atoms with Gasteiger partial charge in [-0.1, -0.05) is 36.4 Å². The average Bonchev–Trinajstić information content (AvgIpc) is 2.57. The van der Waals surface area contributed by atoms with Crippen molar-refractivity contribution in [1.29, 1.82) is 0 Å². The number of guanidine groups is 1. The van der Waals surface area contributed by atoms with Gasteiger partial charge < -0.3 is 10.6 Å². The molecule has 4 heteroatoms. The van der Waals surface area contributed by atoms with Gasteiger partial charge in [0, 0.05) is 7.05 Å². The first kappa shape index (κ1) is 12.1. The quantitative estimate of drug-likeness (QED) is 0.803. The van der Waals surface area contributed by atoms with E-state index in [-0.39, 0.29) is 11.9 Å². The highest BCUT2D eigenvalue weighted by Crippen LogP contribution is 2.15. The van der Waals surface area contributed by atoms with Crippen LogP contribution in [0.5, 0.6) is 0 Å². The molecular weight excluding hydrogens is 226 g/mol. The second-order valence-corrected chi connectivity index (χ2v) is 4.16. The third-order valence-corrected chi connectivity index (χ3v) is 2.70. The number of likely N-dealkylation sites (N-methyl/N-ethyl adjacent to an activating group) is 1. The molecular formula is C14H15N3O. The standard InChI is InChI=1S/C14H15N3O/c1-10(8-11-6-4-3-5-7-11)9-12-13(18)16-14(15)17(12)2/h3-9H,1-2H3,(H2,15,16,18). The predicted molar refractivity (Wildman–Crippen MR) is 72.6 cm³/mol. The Morgan fingerprint density at radius 3 is 2.56 bits per heavy atom. The summed E-state index contributed by atoms with van der Waals surface area (Å²) in [5.74, 6) is -0.0606. The molecule has 1 aliphatic heterocycles. The van der Waals surface area contributed by atoms with Crippen molar-refractivity contribution in [3.8, 4) is 0 Å². The van der Waals surface area contributed by atoms with E-state index in [1.807, 2.05) is 43.3 Å². The Balaban J connectivity index is 2.24. The zero-order valence-corrected chi connectivity index (χ0v) is 10.4. The molecule has 0 saturated heterocycles. The van der Waals surface area contributed by atoms with Crippen molar-refractivity contribution < 1.29 is 4.79 Å². The van der Waals surface area contributed by atoms with E-state index in [1.165, 1.54) is 0 Å². The fourth-order valence-electron chi connectivity index (χ4n) is 1.73. The molecule has 1 aromatic carbocycles. The second kappa shape index (κ2) is 4.87. The monoisotopic (exact) mass is 241 g/mol. The highest BCUT2D eigenvalue weighted by atomic mass is 16.2. The molecule has 18 heavy (non-hydrogen) atoms. The fraction of sp³-hybridized carbons (Fsp3) is 0.143. The van der Waals surface area contributed by atoms with Crippen LogP contribution < -0.4 is 5.73 Å². The van der Waals surface area contributed by atoms with Crippen molar-refractivity contribution in [2.75, 3.05) is 7.05 Å².